The van der Waals surface area contributed by atoms with Crippen LogP contribution in [0.15, 0.2) is 24.3 Å². The van der Waals surface area contributed by atoms with Crippen molar-refractivity contribution >= 4 is 28.4 Å². The van der Waals surface area contributed by atoms with Crippen molar-refractivity contribution in [2.45, 2.75) is 13.0 Å². The zero-order valence-corrected chi connectivity index (χ0v) is 12.6. The van der Waals surface area contributed by atoms with Gasteiger partial charge in [0.25, 0.3) is 0 Å². The third kappa shape index (κ3) is 4.73. The Morgan fingerprint density at radius 1 is 1.41 bits per heavy atom. The first-order chi connectivity index (χ1) is 8.04. The summed E-state index contributed by atoms with van der Waals surface area (Å²) >= 11 is 2.23. The molecule has 0 aliphatic carbocycles. The van der Waals surface area contributed by atoms with Crippen LogP contribution in [0.1, 0.15) is 17.3 Å². The zero-order chi connectivity index (χ0) is 12.8. The van der Waals surface area contributed by atoms with Crippen molar-refractivity contribution in [2.24, 2.45) is 0 Å². The molecule has 17 heavy (non-hydrogen) atoms. The van der Waals surface area contributed by atoms with Crippen molar-refractivity contribution in [3.8, 4) is 0 Å². The molecule has 94 valence electrons. The van der Waals surface area contributed by atoms with Gasteiger partial charge >= 0.3 is 0 Å². The Morgan fingerprint density at radius 3 is 2.53 bits per heavy atom. The van der Waals surface area contributed by atoms with Gasteiger partial charge in [0, 0.05) is 22.3 Å². The molecule has 0 aromatic heterocycles. The number of hydrogen-bond donors (Lipinski definition) is 0. The van der Waals surface area contributed by atoms with Gasteiger partial charge in [-0.2, -0.15) is 0 Å². The van der Waals surface area contributed by atoms with Gasteiger partial charge in [0.05, 0.1) is 13.2 Å². The fraction of sp³-hybridized carbons (Fsp3) is 0.462. The van der Waals surface area contributed by atoms with Gasteiger partial charge < -0.3 is 4.74 Å². The monoisotopic (exact) mass is 347 g/mol. The highest BCUT2D eigenvalue weighted by Crippen LogP contribution is 2.08. The van der Waals surface area contributed by atoms with E-state index in [1.165, 1.54) is 0 Å². The molecule has 0 N–H and O–H groups in total. The van der Waals surface area contributed by atoms with Crippen molar-refractivity contribution in [3.05, 3.63) is 33.4 Å². The lowest BCUT2D eigenvalue weighted by molar-refractivity contribution is 0.0841. The van der Waals surface area contributed by atoms with E-state index in [0.29, 0.717) is 13.2 Å². The summed E-state index contributed by atoms with van der Waals surface area (Å²) in [6.45, 7) is 3.10. The van der Waals surface area contributed by atoms with E-state index < -0.39 is 0 Å². The topological polar surface area (TPSA) is 29.5 Å². The van der Waals surface area contributed by atoms with Gasteiger partial charge in [0.15, 0.2) is 5.78 Å². The minimum atomic E-state index is 0.145. The maximum absolute atomic E-state index is 12.0. The first kappa shape index (κ1) is 14.6. The van der Waals surface area contributed by atoms with Crippen LogP contribution in [0.25, 0.3) is 0 Å². The maximum atomic E-state index is 12.0. The summed E-state index contributed by atoms with van der Waals surface area (Å²) in [7, 11) is 3.61. The predicted molar refractivity (Wildman–Crippen MR) is 77.5 cm³/mol. The average Bonchev–Trinajstić information content (AvgIpc) is 2.30. The van der Waals surface area contributed by atoms with E-state index in [1.807, 2.05) is 43.1 Å². The van der Waals surface area contributed by atoms with E-state index in [9.17, 15) is 4.79 Å². The second-order valence-electron chi connectivity index (χ2n) is 4.15. The minimum absolute atomic E-state index is 0.145. The SMILES string of the molecule is COCC(C)N(C)CC(=O)c1ccc(I)cc1. The van der Waals surface area contributed by atoms with Crippen LogP contribution in [-0.2, 0) is 4.74 Å². The van der Waals surface area contributed by atoms with Gasteiger partial charge in [0.2, 0.25) is 0 Å². The van der Waals surface area contributed by atoms with E-state index in [2.05, 4.69) is 22.6 Å². The first-order valence-corrected chi connectivity index (χ1v) is 6.60. The molecule has 1 atom stereocenters. The van der Waals surface area contributed by atoms with Crippen LogP contribution >= 0.6 is 22.6 Å². The molecule has 4 heteroatoms. The molecule has 0 bridgehead atoms. The van der Waals surface area contributed by atoms with Crippen LogP contribution in [0.3, 0.4) is 0 Å². The number of Topliss-reactive ketones (excluding diaryl/α,β-unsaturated/α-hetero) is 1. The number of methoxy groups -OCH3 is 1. The number of carbonyl (C=O) groups is 1. The molecule has 0 heterocycles. The van der Waals surface area contributed by atoms with E-state index >= 15 is 0 Å². The van der Waals surface area contributed by atoms with Crippen molar-refractivity contribution in [1.29, 1.82) is 0 Å². The second-order valence-corrected chi connectivity index (χ2v) is 5.40. The predicted octanol–water partition coefficient (Wildman–Crippen LogP) is 2.44. The third-order valence-electron chi connectivity index (χ3n) is 2.72. The average molecular weight is 347 g/mol. The van der Waals surface area contributed by atoms with Crippen LogP contribution < -0.4 is 0 Å². The Balaban J connectivity index is 2.57. The maximum Gasteiger partial charge on any atom is 0.176 e. The Kier molecular flexibility index (Phi) is 6.08. The Morgan fingerprint density at radius 2 is 2.00 bits per heavy atom. The lowest BCUT2D eigenvalue weighted by Gasteiger charge is -2.23. The van der Waals surface area contributed by atoms with Gasteiger partial charge in [0.1, 0.15) is 0 Å². The number of rotatable bonds is 6. The molecule has 0 aliphatic rings. The van der Waals surface area contributed by atoms with E-state index in [0.717, 1.165) is 9.13 Å². The number of carbonyl (C=O) groups excluding carboxylic acids is 1. The number of benzene rings is 1. The summed E-state index contributed by atoms with van der Waals surface area (Å²) in [6, 6.07) is 7.89. The molecular formula is C13H18INO2. The van der Waals surface area contributed by atoms with Crippen LogP contribution in [0, 0.1) is 3.57 Å². The molecule has 0 aliphatic heterocycles. The standard InChI is InChI=1S/C13H18INO2/c1-10(9-17-3)15(2)8-13(16)11-4-6-12(14)7-5-11/h4-7,10H,8-9H2,1-3H3. The Hall–Kier alpha value is -0.460. The summed E-state index contributed by atoms with van der Waals surface area (Å²) in [6.07, 6.45) is 0. The third-order valence-corrected chi connectivity index (χ3v) is 3.44. The molecule has 1 unspecified atom stereocenters. The van der Waals surface area contributed by atoms with Crippen LogP contribution in [-0.4, -0.2) is 44.0 Å². The molecular weight excluding hydrogens is 329 g/mol. The van der Waals surface area contributed by atoms with Crippen molar-refractivity contribution in [2.75, 3.05) is 27.3 Å². The molecule has 0 amide bonds. The molecule has 0 fully saturated rings. The van der Waals surface area contributed by atoms with Gasteiger partial charge in [-0.25, -0.2) is 0 Å². The number of ether oxygens (including phenoxy) is 1. The largest absolute Gasteiger partial charge is 0.383 e. The lowest BCUT2D eigenvalue weighted by Crippen LogP contribution is -2.36. The first-order valence-electron chi connectivity index (χ1n) is 5.52. The summed E-state index contributed by atoms with van der Waals surface area (Å²) in [4.78, 5) is 14.0. The zero-order valence-electron chi connectivity index (χ0n) is 10.4. The fourth-order valence-corrected chi connectivity index (χ4v) is 1.84. The number of halogens is 1. The number of ketones is 1. The van der Waals surface area contributed by atoms with Gasteiger partial charge in [-0.05, 0) is 48.7 Å². The van der Waals surface area contributed by atoms with E-state index in [4.69, 9.17) is 4.74 Å². The van der Waals surface area contributed by atoms with Crippen molar-refractivity contribution < 1.29 is 9.53 Å². The Bertz CT molecular complexity index is 364. The van der Waals surface area contributed by atoms with Crippen LogP contribution in [0.5, 0.6) is 0 Å². The lowest BCUT2D eigenvalue weighted by atomic mass is 10.1. The minimum Gasteiger partial charge on any atom is -0.383 e. The van der Waals surface area contributed by atoms with Crippen molar-refractivity contribution in [3.63, 3.8) is 0 Å². The van der Waals surface area contributed by atoms with Gasteiger partial charge in [-0.15, -0.1) is 0 Å². The summed E-state index contributed by atoms with van der Waals surface area (Å²) in [5.41, 5.74) is 0.766. The summed E-state index contributed by atoms with van der Waals surface area (Å²) in [5, 5.41) is 0. The molecule has 1 aromatic carbocycles. The highest BCUT2D eigenvalue weighted by Gasteiger charge is 2.14. The Labute approximate surface area is 116 Å². The molecule has 1 aromatic rings. The molecule has 3 nitrogen and oxygen atoms in total. The molecule has 0 saturated heterocycles. The molecule has 1 rings (SSSR count). The normalized spacial score (nSPS) is 12.8. The smallest absolute Gasteiger partial charge is 0.176 e. The van der Waals surface area contributed by atoms with Crippen LogP contribution in [0.2, 0.25) is 0 Å². The van der Waals surface area contributed by atoms with E-state index in [1.54, 1.807) is 7.11 Å². The van der Waals surface area contributed by atoms with Gasteiger partial charge in [-0.1, -0.05) is 12.1 Å². The quantitative estimate of drug-likeness (QED) is 0.585. The van der Waals surface area contributed by atoms with Gasteiger partial charge in [-0.3, -0.25) is 9.69 Å². The second kappa shape index (κ2) is 7.08. The number of hydrogen-bond acceptors (Lipinski definition) is 3. The molecule has 0 spiro atoms. The summed E-state index contributed by atoms with van der Waals surface area (Å²) in [5.74, 6) is 0.145. The van der Waals surface area contributed by atoms with E-state index in [-0.39, 0.29) is 11.8 Å². The highest BCUT2D eigenvalue weighted by molar-refractivity contribution is 14.1. The van der Waals surface area contributed by atoms with Crippen molar-refractivity contribution in [1.82, 2.24) is 4.90 Å². The number of nitrogens with zero attached hydrogens (tertiary/aromatic N) is 1. The highest BCUT2D eigenvalue weighted by atomic mass is 127. The summed E-state index contributed by atoms with van der Waals surface area (Å²) < 4.78 is 6.21. The van der Waals surface area contributed by atoms with Crippen LogP contribution in [0.4, 0.5) is 0 Å². The molecule has 0 saturated carbocycles. The fourth-order valence-electron chi connectivity index (χ4n) is 1.48. The molecule has 0 radical (unpaired) electrons. The number of likely N-dealkylation sites (N-methyl/N-ethyl adjacent to an activating group) is 1.